The molecule has 5 heterocycles. The number of carbonyl (C=O) groups excluding carboxylic acids is 2. The van der Waals surface area contributed by atoms with Gasteiger partial charge in [0, 0.05) is 25.5 Å². The Balaban J connectivity index is 1.52. The minimum atomic E-state index is -0.589. The Labute approximate surface area is 170 Å². The minimum absolute atomic E-state index is 0.0712. The first-order chi connectivity index (χ1) is 14.4. The van der Waals surface area contributed by atoms with Crippen LogP contribution in [0.1, 0.15) is 21.9 Å². The number of hydrazone groups is 1. The summed E-state index contributed by atoms with van der Waals surface area (Å²) in [6.07, 6.45) is 3.28. The van der Waals surface area contributed by atoms with E-state index in [0.29, 0.717) is 34.4 Å². The van der Waals surface area contributed by atoms with Gasteiger partial charge in [-0.2, -0.15) is 24.9 Å². The number of imidazole rings is 1. The summed E-state index contributed by atoms with van der Waals surface area (Å²) in [4.78, 5) is 38.4. The third-order valence-electron chi connectivity index (χ3n) is 4.87. The van der Waals surface area contributed by atoms with Gasteiger partial charge in [-0.15, -0.1) is 0 Å². The van der Waals surface area contributed by atoms with E-state index in [2.05, 4.69) is 30.5 Å². The van der Waals surface area contributed by atoms with Crippen LogP contribution in [0, 0.1) is 19.8 Å². The second-order valence-electron chi connectivity index (χ2n) is 7.00. The van der Waals surface area contributed by atoms with E-state index in [1.54, 1.807) is 37.6 Å². The van der Waals surface area contributed by atoms with Crippen LogP contribution in [0.25, 0.3) is 5.65 Å². The maximum Gasteiger partial charge on any atom is 0.275 e. The molecule has 0 radical (unpaired) electrons. The molecule has 1 atom stereocenters. The van der Waals surface area contributed by atoms with Gasteiger partial charge in [0.2, 0.25) is 0 Å². The number of nitrogens with zero attached hydrogens (tertiary/aromatic N) is 8. The fourth-order valence-corrected chi connectivity index (χ4v) is 3.50. The molecule has 2 aliphatic rings. The zero-order valence-corrected chi connectivity index (χ0v) is 16.4. The van der Waals surface area contributed by atoms with E-state index in [9.17, 15) is 9.59 Å². The highest BCUT2D eigenvalue weighted by molar-refractivity contribution is 6.24. The topological polar surface area (TPSA) is 122 Å². The summed E-state index contributed by atoms with van der Waals surface area (Å²) in [7, 11) is 1.70. The predicted molar refractivity (Wildman–Crippen MR) is 110 cm³/mol. The van der Waals surface area contributed by atoms with Crippen molar-refractivity contribution in [2.45, 2.75) is 13.8 Å². The van der Waals surface area contributed by atoms with Crippen molar-refractivity contribution in [2.24, 2.45) is 21.0 Å². The van der Waals surface area contributed by atoms with Crippen LogP contribution in [0.2, 0.25) is 0 Å². The molecular weight excluding hydrogens is 386 g/mol. The lowest BCUT2D eigenvalue weighted by Gasteiger charge is -2.17. The van der Waals surface area contributed by atoms with E-state index in [0.717, 1.165) is 0 Å². The third-order valence-corrected chi connectivity index (χ3v) is 4.87. The molecule has 2 aliphatic heterocycles. The zero-order valence-electron chi connectivity index (χ0n) is 16.4. The highest BCUT2D eigenvalue weighted by Crippen LogP contribution is 2.20. The first-order valence-corrected chi connectivity index (χ1v) is 9.23. The van der Waals surface area contributed by atoms with Gasteiger partial charge < -0.3 is 5.32 Å². The molecule has 0 aliphatic carbocycles. The van der Waals surface area contributed by atoms with E-state index in [1.807, 2.05) is 18.2 Å². The van der Waals surface area contributed by atoms with E-state index in [-0.39, 0.29) is 17.8 Å². The van der Waals surface area contributed by atoms with Crippen LogP contribution in [-0.2, 0) is 4.79 Å². The van der Waals surface area contributed by atoms with Crippen LogP contribution >= 0.6 is 0 Å². The molecule has 0 bridgehead atoms. The van der Waals surface area contributed by atoms with Gasteiger partial charge in [-0.05, 0) is 26.0 Å². The van der Waals surface area contributed by atoms with Crippen LogP contribution < -0.4 is 5.32 Å². The summed E-state index contributed by atoms with van der Waals surface area (Å²) >= 11 is 0. The number of anilines is 1. The van der Waals surface area contributed by atoms with E-state index in [1.165, 1.54) is 15.9 Å². The number of amidine groups is 1. The molecule has 3 aromatic rings. The standard InChI is InChI=1S/C19H17N9O2/c1-10-8-14(22-18(30)15-11(2)21-13-6-4-5-7-27(13)15)28(25-10)19-23-16-12(17(29)24-19)9-20-26(16)3/h4-9,12H,1-3H3,(H,22,30). The number of aryl methyl sites for hydroxylation is 2. The van der Waals surface area contributed by atoms with Crippen LogP contribution in [0.5, 0.6) is 0 Å². The maximum atomic E-state index is 13.1. The van der Waals surface area contributed by atoms with Crippen molar-refractivity contribution in [3.8, 4) is 0 Å². The molecule has 0 spiro atoms. The number of hydrogen-bond acceptors (Lipinski definition) is 7. The predicted octanol–water partition coefficient (Wildman–Crippen LogP) is 1.09. The Morgan fingerprint density at radius 3 is 2.87 bits per heavy atom. The summed E-state index contributed by atoms with van der Waals surface area (Å²) in [5, 5.41) is 12.8. The smallest absolute Gasteiger partial charge is 0.275 e. The lowest BCUT2D eigenvalue weighted by atomic mass is 10.1. The number of hydrogen-bond donors (Lipinski definition) is 1. The Bertz CT molecular complexity index is 1310. The van der Waals surface area contributed by atoms with Crippen LogP contribution in [0.15, 0.2) is 45.5 Å². The Morgan fingerprint density at radius 2 is 2.03 bits per heavy atom. The van der Waals surface area contributed by atoms with Gasteiger partial charge in [0.1, 0.15) is 28.9 Å². The summed E-state index contributed by atoms with van der Waals surface area (Å²) in [6, 6.07) is 7.20. The third kappa shape index (κ3) is 2.70. The van der Waals surface area contributed by atoms with E-state index in [4.69, 9.17) is 0 Å². The van der Waals surface area contributed by atoms with Crippen molar-refractivity contribution in [3.63, 3.8) is 0 Å². The SMILES string of the molecule is Cc1cc(NC(=O)c2c(C)nc3ccccn23)n(C2=NC(=O)C3C=NN(C)C3=N2)n1. The van der Waals surface area contributed by atoms with Crippen LogP contribution in [-0.4, -0.2) is 61.0 Å². The fraction of sp³-hybridized carbons (Fsp3) is 0.211. The highest BCUT2D eigenvalue weighted by Gasteiger charge is 2.35. The molecule has 0 saturated carbocycles. The molecule has 30 heavy (non-hydrogen) atoms. The normalized spacial score (nSPS) is 17.9. The fourth-order valence-electron chi connectivity index (χ4n) is 3.50. The van der Waals surface area contributed by atoms with Gasteiger partial charge in [0.15, 0.2) is 0 Å². The summed E-state index contributed by atoms with van der Waals surface area (Å²) < 4.78 is 3.06. The number of fused-ring (bicyclic) bond motifs is 2. The van der Waals surface area contributed by atoms with Gasteiger partial charge in [-0.25, -0.2) is 4.98 Å². The maximum absolute atomic E-state index is 13.1. The Morgan fingerprint density at radius 1 is 1.20 bits per heavy atom. The first kappa shape index (κ1) is 17.9. The molecule has 1 N–H and O–H groups in total. The van der Waals surface area contributed by atoms with Crippen molar-refractivity contribution in [3.05, 3.63) is 47.5 Å². The Hall–Kier alpha value is -4.15. The molecule has 11 heteroatoms. The van der Waals surface area contributed by atoms with E-state index < -0.39 is 5.92 Å². The van der Waals surface area contributed by atoms with Crippen LogP contribution in [0.4, 0.5) is 5.82 Å². The first-order valence-electron chi connectivity index (χ1n) is 9.23. The lowest BCUT2D eigenvalue weighted by molar-refractivity contribution is -0.118. The largest absolute Gasteiger partial charge is 0.305 e. The molecule has 0 aromatic carbocycles. The number of carbonyl (C=O) groups is 2. The zero-order chi connectivity index (χ0) is 21.0. The van der Waals surface area contributed by atoms with Crippen LogP contribution in [0.3, 0.4) is 0 Å². The Kier molecular flexibility index (Phi) is 3.85. The average molecular weight is 403 g/mol. The number of pyridine rings is 1. The molecular formula is C19H17N9O2. The molecule has 2 amide bonds. The number of nitrogens with one attached hydrogen (secondary N) is 1. The average Bonchev–Trinajstić information content (AvgIpc) is 3.36. The lowest BCUT2D eigenvalue weighted by Crippen LogP contribution is -2.35. The van der Waals surface area contributed by atoms with Crippen molar-refractivity contribution in [1.29, 1.82) is 0 Å². The van der Waals surface area contributed by atoms with Gasteiger partial charge in [0.25, 0.3) is 17.8 Å². The molecule has 0 saturated heterocycles. The molecule has 5 rings (SSSR count). The minimum Gasteiger partial charge on any atom is -0.305 e. The van der Waals surface area contributed by atoms with Gasteiger partial charge >= 0.3 is 0 Å². The molecule has 3 aromatic heterocycles. The number of aromatic nitrogens is 4. The van der Waals surface area contributed by atoms with Crippen molar-refractivity contribution in [1.82, 2.24) is 24.2 Å². The molecule has 0 fully saturated rings. The summed E-state index contributed by atoms with van der Waals surface area (Å²) in [6.45, 7) is 3.55. The monoisotopic (exact) mass is 403 g/mol. The molecule has 1 unspecified atom stereocenters. The van der Waals surface area contributed by atoms with E-state index >= 15 is 0 Å². The van der Waals surface area contributed by atoms with Crippen molar-refractivity contribution >= 4 is 41.3 Å². The number of rotatable bonds is 2. The second-order valence-corrected chi connectivity index (χ2v) is 7.00. The van der Waals surface area contributed by atoms with Gasteiger partial charge in [-0.3, -0.25) is 19.0 Å². The summed E-state index contributed by atoms with van der Waals surface area (Å²) in [5.74, 6) is -0.448. The number of amides is 2. The van der Waals surface area contributed by atoms with Gasteiger partial charge in [-0.1, -0.05) is 6.07 Å². The quantitative estimate of drug-likeness (QED) is 0.686. The van der Waals surface area contributed by atoms with Crippen molar-refractivity contribution in [2.75, 3.05) is 12.4 Å². The van der Waals surface area contributed by atoms with Crippen molar-refractivity contribution < 1.29 is 9.59 Å². The highest BCUT2D eigenvalue weighted by atomic mass is 16.2. The molecule has 150 valence electrons. The summed E-state index contributed by atoms with van der Waals surface area (Å²) in [5.41, 5.74) is 2.31. The second kappa shape index (κ2) is 6.44. The van der Waals surface area contributed by atoms with Gasteiger partial charge in [0.05, 0.1) is 11.4 Å². The number of aliphatic imine (C=N–C) groups is 2. The molecule has 11 nitrogen and oxygen atoms in total.